The highest BCUT2D eigenvalue weighted by Gasteiger charge is 2.23. The number of Topliss-reactive ketones (excluding diaryl/α,β-unsaturated/α-hetero) is 1. The van der Waals surface area contributed by atoms with E-state index in [9.17, 15) is 9.59 Å². The van der Waals surface area contributed by atoms with E-state index in [4.69, 9.17) is 4.74 Å². The van der Waals surface area contributed by atoms with Gasteiger partial charge in [0, 0.05) is 18.5 Å². The van der Waals surface area contributed by atoms with Crippen LogP contribution in [0.15, 0.2) is 41.8 Å². The molecule has 0 unspecified atom stereocenters. The van der Waals surface area contributed by atoms with Gasteiger partial charge in [-0.3, -0.25) is 9.59 Å². The summed E-state index contributed by atoms with van der Waals surface area (Å²) in [6, 6.07) is 9.41. The molecule has 1 aromatic carbocycles. The van der Waals surface area contributed by atoms with Gasteiger partial charge in [-0.15, -0.1) is 0 Å². The Labute approximate surface area is 163 Å². The van der Waals surface area contributed by atoms with E-state index in [1.807, 2.05) is 18.2 Å². The lowest BCUT2D eigenvalue weighted by Gasteiger charge is -2.26. The first-order valence-corrected chi connectivity index (χ1v) is 10.4. The molecule has 0 heterocycles. The summed E-state index contributed by atoms with van der Waals surface area (Å²) in [6.45, 7) is 3.54. The summed E-state index contributed by atoms with van der Waals surface area (Å²) in [5, 5.41) is 3.57. The summed E-state index contributed by atoms with van der Waals surface area (Å²) in [7, 11) is 0. The predicted molar refractivity (Wildman–Crippen MR) is 108 cm³/mol. The van der Waals surface area contributed by atoms with Crippen molar-refractivity contribution in [3.05, 3.63) is 47.4 Å². The highest BCUT2D eigenvalue weighted by molar-refractivity contribution is 6.08. The van der Waals surface area contributed by atoms with Gasteiger partial charge in [0.1, 0.15) is 0 Å². The molecule has 0 spiro atoms. The number of hydrogen-bond donors (Lipinski definition) is 1. The minimum Gasteiger partial charge on any atom is -0.421 e. The number of benzene rings is 1. The van der Waals surface area contributed by atoms with Crippen molar-refractivity contribution in [1.82, 2.24) is 5.32 Å². The topological polar surface area (TPSA) is 55.4 Å². The molecule has 0 aliphatic heterocycles. The zero-order chi connectivity index (χ0) is 19.5. The van der Waals surface area contributed by atoms with E-state index in [1.165, 1.54) is 32.6 Å². The first kappa shape index (κ1) is 21.2. The van der Waals surface area contributed by atoms with Gasteiger partial charge in [-0.05, 0) is 25.7 Å². The number of carbonyl (C=O) groups excluding carboxylic acids is 2. The van der Waals surface area contributed by atoms with Crippen LogP contribution in [0.1, 0.15) is 88.4 Å². The molecular formula is C23H33NO3. The molecule has 1 fully saturated rings. The van der Waals surface area contributed by atoms with E-state index in [-0.39, 0.29) is 11.5 Å². The van der Waals surface area contributed by atoms with E-state index in [0.717, 1.165) is 44.2 Å². The van der Waals surface area contributed by atoms with Crippen molar-refractivity contribution in [2.75, 3.05) is 0 Å². The number of ether oxygens (including phenoxy) is 1. The number of allylic oxidation sites excluding steroid dienone is 2. The first-order valence-electron chi connectivity index (χ1n) is 10.4. The zero-order valence-electron chi connectivity index (χ0n) is 16.8. The molecule has 1 aliphatic carbocycles. The van der Waals surface area contributed by atoms with Crippen LogP contribution in [-0.4, -0.2) is 17.8 Å². The van der Waals surface area contributed by atoms with E-state index in [2.05, 4.69) is 12.2 Å². The fraction of sp³-hybridized carbons (Fsp3) is 0.565. The van der Waals surface area contributed by atoms with E-state index < -0.39 is 5.97 Å². The molecule has 4 heteroatoms. The lowest BCUT2D eigenvalue weighted by molar-refractivity contribution is -0.136. The van der Waals surface area contributed by atoms with Gasteiger partial charge in [0.25, 0.3) is 0 Å². The van der Waals surface area contributed by atoms with Crippen molar-refractivity contribution in [1.29, 1.82) is 0 Å². The SMILES string of the molecule is CCCCCC/C(NC1CCCCC1)=C(\OC(C)=O)C(=O)c1ccccc1. The molecule has 1 aliphatic rings. The number of ketones is 1. The fourth-order valence-corrected chi connectivity index (χ4v) is 3.58. The van der Waals surface area contributed by atoms with Crippen LogP contribution >= 0.6 is 0 Å². The molecule has 0 aromatic heterocycles. The van der Waals surface area contributed by atoms with Crippen molar-refractivity contribution in [2.45, 2.75) is 84.1 Å². The lowest BCUT2D eigenvalue weighted by atomic mass is 9.94. The third-order valence-corrected chi connectivity index (χ3v) is 5.03. The summed E-state index contributed by atoms with van der Waals surface area (Å²) in [5.41, 5.74) is 1.34. The second kappa shape index (κ2) is 11.6. The first-order chi connectivity index (χ1) is 13.1. The van der Waals surface area contributed by atoms with Crippen LogP contribution in [0.3, 0.4) is 0 Å². The van der Waals surface area contributed by atoms with Crippen LogP contribution in [-0.2, 0) is 9.53 Å². The maximum atomic E-state index is 13.1. The Morgan fingerprint density at radius 2 is 1.74 bits per heavy atom. The summed E-state index contributed by atoms with van der Waals surface area (Å²) < 4.78 is 5.46. The number of nitrogens with one attached hydrogen (secondary N) is 1. The Morgan fingerprint density at radius 1 is 1.04 bits per heavy atom. The molecule has 27 heavy (non-hydrogen) atoms. The van der Waals surface area contributed by atoms with Crippen LogP contribution < -0.4 is 5.32 Å². The number of carbonyl (C=O) groups is 2. The standard InChI is InChI=1S/C23H33NO3/c1-3-4-5-12-17-21(24-20-15-10-7-11-16-20)23(27-18(2)25)22(26)19-13-8-6-9-14-19/h6,8-9,13-14,20,24H,3-5,7,10-12,15-17H2,1-2H3/b23-21+. The number of rotatable bonds is 10. The van der Waals surface area contributed by atoms with Crippen LogP contribution in [0.25, 0.3) is 0 Å². The van der Waals surface area contributed by atoms with Gasteiger partial charge in [0.2, 0.25) is 5.78 Å². The molecular weight excluding hydrogens is 338 g/mol. The molecule has 1 saturated carbocycles. The molecule has 0 amide bonds. The Kier molecular flexibility index (Phi) is 9.09. The van der Waals surface area contributed by atoms with Gasteiger partial charge in [0.05, 0.1) is 5.70 Å². The molecule has 4 nitrogen and oxygen atoms in total. The van der Waals surface area contributed by atoms with Crippen LogP contribution in [0, 0.1) is 0 Å². The quantitative estimate of drug-likeness (QED) is 0.193. The number of esters is 1. The average molecular weight is 372 g/mol. The monoisotopic (exact) mass is 371 g/mol. The average Bonchev–Trinajstić information content (AvgIpc) is 2.69. The molecule has 0 radical (unpaired) electrons. The molecule has 0 bridgehead atoms. The van der Waals surface area contributed by atoms with Crippen molar-refractivity contribution in [3.63, 3.8) is 0 Å². The number of unbranched alkanes of at least 4 members (excludes halogenated alkanes) is 3. The van der Waals surface area contributed by atoms with Crippen molar-refractivity contribution in [3.8, 4) is 0 Å². The van der Waals surface area contributed by atoms with Crippen LogP contribution in [0.5, 0.6) is 0 Å². The van der Waals surface area contributed by atoms with Gasteiger partial charge >= 0.3 is 5.97 Å². The third kappa shape index (κ3) is 7.20. The zero-order valence-corrected chi connectivity index (χ0v) is 16.8. The second-order valence-electron chi connectivity index (χ2n) is 7.39. The fourth-order valence-electron chi connectivity index (χ4n) is 3.58. The minimum absolute atomic E-state index is 0.177. The van der Waals surface area contributed by atoms with E-state index >= 15 is 0 Å². The summed E-state index contributed by atoms with van der Waals surface area (Å²) in [5.74, 6) is -0.499. The molecule has 0 saturated heterocycles. The van der Waals surface area contributed by atoms with Crippen LogP contribution in [0.2, 0.25) is 0 Å². The summed E-state index contributed by atoms with van der Waals surface area (Å²) in [6.07, 6.45) is 11.0. The van der Waals surface area contributed by atoms with Crippen molar-refractivity contribution < 1.29 is 14.3 Å². The van der Waals surface area contributed by atoms with Gasteiger partial charge in [-0.2, -0.15) is 0 Å². The summed E-state index contributed by atoms with van der Waals surface area (Å²) >= 11 is 0. The smallest absolute Gasteiger partial charge is 0.308 e. The maximum absolute atomic E-state index is 13.1. The highest BCUT2D eigenvalue weighted by Crippen LogP contribution is 2.23. The lowest BCUT2D eigenvalue weighted by Crippen LogP contribution is -2.33. The van der Waals surface area contributed by atoms with Crippen molar-refractivity contribution >= 4 is 11.8 Å². The second-order valence-corrected chi connectivity index (χ2v) is 7.39. The molecule has 0 atom stereocenters. The minimum atomic E-state index is -0.453. The van der Waals surface area contributed by atoms with Gasteiger partial charge in [0.15, 0.2) is 5.76 Å². The number of hydrogen-bond acceptors (Lipinski definition) is 4. The molecule has 1 N–H and O–H groups in total. The predicted octanol–water partition coefficient (Wildman–Crippen LogP) is 5.54. The van der Waals surface area contributed by atoms with Gasteiger partial charge in [-0.1, -0.05) is 75.8 Å². The molecule has 2 rings (SSSR count). The Hall–Kier alpha value is -2.10. The largest absolute Gasteiger partial charge is 0.421 e. The van der Waals surface area contributed by atoms with Crippen molar-refractivity contribution in [2.24, 2.45) is 0 Å². The van der Waals surface area contributed by atoms with E-state index in [0.29, 0.717) is 11.6 Å². The van der Waals surface area contributed by atoms with E-state index in [1.54, 1.807) is 12.1 Å². The highest BCUT2D eigenvalue weighted by atomic mass is 16.5. The normalized spacial score (nSPS) is 15.8. The Bertz CT molecular complexity index is 630. The Balaban J connectivity index is 2.28. The maximum Gasteiger partial charge on any atom is 0.308 e. The third-order valence-electron chi connectivity index (χ3n) is 5.03. The van der Waals surface area contributed by atoms with Crippen LogP contribution in [0.4, 0.5) is 0 Å². The van der Waals surface area contributed by atoms with Gasteiger partial charge in [-0.25, -0.2) is 0 Å². The summed E-state index contributed by atoms with van der Waals surface area (Å²) in [4.78, 5) is 24.8. The molecule has 1 aromatic rings. The molecule has 148 valence electrons. The Morgan fingerprint density at radius 3 is 2.37 bits per heavy atom. The van der Waals surface area contributed by atoms with Gasteiger partial charge < -0.3 is 10.1 Å².